The third kappa shape index (κ3) is 3.85. The molecule has 0 amide bonds. The molecule has 0 saturated carbocycles. The molecule has 0 aliphatic heterocycles. The standard InChI is InChI=1S/C18H21NO2/c1-4-21-18(20)16-7-5-6-8-17(16)19-14(3)15-11-9-13(2)10-12-15/h5-12,14,19H,4H2,1-3H3. The van der Waals surface area contributed by atoms with Crippen molar-refractivity contribution in [2.75, 3.05) is 11.9 Å². The SMILES string of the molecule is CCOC(=O)c1ccccc1NC(C)c1ccc(C)cc1. The Labute approximate surface area is 126 Å². The maximum atomic E-state index is 12.0. The zero-order valence-corrected chi connectivity index (χ0v) is 12.7. The maximum absolute atomic E-state index is 12.0. The summed E-state index contributed by atoms with van der Waals surface area (Å²) in [4.78, 5) is 12.0. The second kappa shape index (κ2) is 6.93. The van der Waals surface area contributed by atoms with Gasteiger partial charge in [0.05, 0.1) is 12.2 Å². The lowest BCUT2D eigenvalue weighted by Crippen LogP contribution is -2.12. The summed E-state index contributed by atoms with van der Waals surface area (Å²) in [6.45, 7) is 6.33. The number of esters is 1. The van der Waals surface area contributed by atoms with E-state index in [9.17, 15) is 4.79 Å². The van der Waals surface area contributed by atoms with Crippen molar-refractivity contribution < 1.29 is 9.53 Å². The summed E-state index contributed by atoms with van der Waals surface area (Å²) in [5, 5.41) is 3.38. The molecule has 0 bridgehead atoms. The van der Waals surface area contributed by atoms with E-state index in [1.54, 1.807) is 6.07 Å². The fourth-order valence-electron chi connectivity index (χ4n) is 2.17. The monoisotopic (exact) mass is 283 g/mol. The molecule has 0 radical (unpaired) electrons. The second-order valence-corrected chi connectivity index (χ2v) is 5.04. The van der Waals surface area contributed by atoms with Crippen LogP contribution >= 0.6 is 0 Å². The molecule has 0 fully saturated rings. The zero-order chi connectivity index (χ0) is 15.2. The predicted molar refractivity (Wildman–Crippen MR) is 85.6 cm³/mol. The van der Waals surface area contributed by atoms with Crippen LogP contribution in [0.2, 0.25) is 0 Å². The second-order valence-electron chi connectivity index (χ2n) is 5.04. The van der Waals surface area contributed by atoms with Crippen molar-refractivity contribution in [3.63, 3.8) is 0 Å². The smallest absolute Gasteiger partial charge is 0.340 e. The van der Waals surface area contributed by atoms with E-state index < -0.39 is 0 Å². The van der Waals surface area contributed by atoms with Gasteiger partial charge in [0, 0.05) is 11.7 Å². The minimum absolute atomic E-state index is 0.112. The number of ether oxygens (including phenoxy) is 1. The molecule has 2 aromatic rings. The number of carbonyl (C=O) groups is 1. The Morgan fingerprint density at radius 3 is 2.48 bits per heavy atom. The Hall–Kier alpha value is -2.29. The van der Waals surface area contributed by atoms with Crippen LogP contribution in [0, 0.1) is 6.92 Å². The minimum atomic E-state index is -0.295. The summed E-state index contributed by atoms with van der Waals surface area (Å²) in [5.74, 6) is -0.295. The maximum Gasteiger partial charge on any atom is 0.340 e. The molecule has 0 aliphatic carbocycles. The van der Waals surface area contributed by atoms with Crippen LogP contribution in [-0.2, 0) is 4.74 Å². The Morgan fingerprint density at radius 1 is 1.14 bits per heavy atom. The molecule has 2 aromatic carbocycles. The fraction of sp³-hybridized carbons (Fsp3) is 0.278. The van der Waals surface area contributed by atoms with Crippen molar-refractivity contribution in [2.45, 2.75) is 26.8 Å². The molecular weight excluding hydrogens is 262 g/mol. The molecule has 1 N–H and O–H groups in total. The van der Waals surface area contributed by atoms with E-state index >= 15 is 0 Å². The van der Waals surface area contributed by atoms with E-state index in [2.05, 4.69) is 43.4 Å². The van der Waals surface area contributed by atoms with Crippen LogP contribution in [0.1, 0.15) is 41.4 Å². The normalized spacial score (nSPS) is 11.8. The lowest BCUT2D eigenvalue weighted by molar-refractivity contribution is 0.0527. The van der Waals surface area contributed by atoms with Gasteiger partial charge in [-0.25, -0.2) is 4.79 Å². The molecule has 0 aliphatic rings. The van der Waals surface area contributed by atoms with Gasteiger partial charge < -0.3 is 10.1 Å². The first-order chi connectivity index (χ1) is 10.1. The summed E-state index contributed by atoms with van der Waals surface area (Å²) < 4.78 is 5.09. The molecule has 0 heterocycles. The molecule has 3 heteroatoms. The highest BCUT2D eigenvalue weighted by Gasteiger charge is 2.14. The van der Waals surface area contributed by atoms with Crippen LogP contribution in [0.15, 0.2) is 48.5 Å². The Morgan fingerprint density at radius 2 is 1.81 bits per heavy atom. The molecule has 3 nitrogen and oxygen atoms in total. The van der Waals surface area contributed by atoms with Crippen molar-refractivity contribution in [1.82, 2.24) is 0 Å². The number of hydrogen-bond donors (Lipinski definition) is 1. The first kappa shape index (κ1) is 15.1. The molecule has 1 unspecified atom stereocenters. The fourth-order valence-corrected chi connectivity index (χ4v) is 2.17. The van der Waals surface area contributed by atoms with E-state index in [0.717, 1.165) is 5.69 Å². The summed E-state index contributed by atoms with van der Waals surface area (Å²) >= 11 is 0. The Bertz CT molecular complexity index is 605. The van der Waals surface area contributed by atoms with Crippen molar-refractivity contribution in [3.05, 3.63) is 65.2 Å². The molecule has 1 atom stereocenters. The van der Waals surface area contributed by atoms with Gasteiger partial charge in [-0.1, -0.05) is 42.0 Å². The van der Waals surface area contributed by atoms with Gasteiger partial charge in [-0.15, -0.1) is 0 Å². The summed E-state index contributed by atoms with van der Waals surface area (Å²) in [6, 6.07) is 15.9. The van der Waals surface area contributed by atoms with Crippen molar-refractivity contribution >= 4 is 11.7 Å². The third-order valence-corrected chi connectivity index (χ3v) is 3.37. The molecular formula is C18H21NO2. The highest BCUT2D eigenvalue weighted by molar-refractivity contribution is 5.95. The number of hydrogen-bond acceptors (Lipinski definition) is 3. The van der Waals surface area contributed by atoms with Gasteiger partial charge in [-0.2, -0.15) is 0 Å². The van der Waals surface area contributed by atoms with E-state index in [4.69, 9.17) is 4.74 Å². The molecule has 0 spiro atoms. The zero-order valence-electron chi connectivity index (χ0n) is 12.7. The largest absolute Gasteiger partial charge is 0.462 e. The summed E-state index contributed by atoms with van der Waals surface area (Å²) in [7, 11) is 0. The number of benzene rings is 2. The van der Waals surface area contributed by atoms with Crippen LogP contribution < -0.4 is 5.32 Å². The number of rotatable bonds is 5. The van der Waals surface area contributed by atoms with Gasteiger partial charge >= 0.3 is 5.97 Å². The predicted octanol–water partition coefficient (Wildman–Crippen LogP) is 4.34. The van der Waals surface area contributed by atoms with Gasteiger partial charge in [0.15, 0.2) is 0 Å². The van der Waals surface area contributed by atoms with Crippen LogP contribution in [0.3, 0.4) is 0 Å². The van der Waals surface area contributed by atoms with E-state index in [1.165, 1.54) is 11.1 Å². The third-order valence-electron chi connectivity index (χ3n) is 3.37. The van der Waals surface area contributed by atoms with Crippen LogP contribution in [0.5, 0.6) is 0 Å². The first-order valence-electron chi connectivity index (χ1n) is 7.21. The highest BCUT2D eigenvalue weighted by Crippen LogP contribution is 2.23. The number of carbonyl (C=O) groups excluding carboxylic acids is 1. The van der Waals surface area contributed by atoms with E-state index in [0.29, 0.717) is 12.2 Å². The van der Waals surface area contributed by atoms with Crippen molar-refractivity contribution in [2.24, 2.45) is 0 Å². The van der Waals surface area contributed by atoms with E-state index in [1.807, 2.05) is 25.1 Å². The average Bonchev–Trinajstić information content (AvgIpc) is 2.48. The highest BCUT2D eigenvalue weighted by atomic mass is 16.5. The molecule has 110 valence electrons. The number of para-hydroxylation sites is 1. The molecule has 0 saturated heterocycles. The van der Waals surface area contributed by atoms with E-state index in [-0.39, 0.29) is 12.0 Å². The summed E-state index contributed by atoms with van der Waals surface area (Å²) in [6.07, 6.45) is 0. The Kier molecular flexibility index (Phi) is 4.99. The first-order valence-corrected chi connectivity index (χ1v) is 7.21. The van der Waals surface area contributed by atoms with Gasteiger partial charge in [-0.05, 0) is 38.5 Å². The van der Waals surface area contributed by atoms with Crippen molar-refractivity contribution in [1.29, 1.82) is 0 Å². The number of aryl methyl sites for hydroxylation is 1. The Balaban J connectivity index is 2.19. The van der Waals surface area contributed by atoms with Gasteiger partial charge in [0.1, 0.15) is 0 Å². The lowest BCUT2D eigenvalue weighted by Gasteiger charge is -2.18. The lowest BCUT2D eigenvalue weighted by atomic mass is 10.1. The quantitative estimate of drug-likeness (QED) is 0.829. The average molecular weight is 283 g/mol. The molecule has 21 heavy (non-hydrogen) atoms. The van der Waals surface area contributed by atoms with Crippen LogP contribution in [0.25, 0.3) is 0 Å². The minimum Gasteiger partial charge on any atom is -0.462 e. The molecule has 0 aromatic heterocycles. The van der Waals surface area contributed by atoms with Crippen LogP contribution in [0.4, 0.5) is 5.69 Å². The summed E-state index contributed by atoms with van der Waals surface area (Å²) in [5.41, 5.74) is 3.78. The number of anilines is 1. The van der Waals surface area contributed by atoms with Crippen LogP contribution in [-0.4, -0.2) is 12.6 Å². The van der Waals surface area contributed by atoms with Gasteiger partial charge in [-0.3, -0.25) is 0 Å². The van der Waals surface area contributed by atoms with Gasteiger partial charge in [0.25, 0.3) is 0 Å². The van der Waals surface area contributed by atoms with Crippen molar-refractivity contribution in [3.8, 4) is 0 Å². The van der Waals surface area contributed by atoms with Gasteiger partial charge in [0.2, 0.25) is 0 Å². The number of nitrogens with one attached hydrogen (secondary N) is 1. The molecule has 2 rings (SSSR count). The topological polar surface area (TPSA) is 38.3 Å².